The maximum Gasteiger partial charge on any atom is 0.243 e. The first-order chi connectivity index (χ1) is 13.9. The molecule has 29 heavy (non-hydrogen) atoms. The van der Waals surface area contributed by atoms with E-state index in [1.807, 2.05) is 12.1 Å². The SMILES string of the molecule is O=C(CSc1nc2cc(Cl)ccc2s1)Nc1cccc(S(=O)(=O)N2CCCC2)c1. The summed E-state index contributed by atoms with van der Waals surface area (Å²) in [6, 6.07) is 11.9. The van der Waals surface area contributed by atoms with Gasteiger partial charge in [0.05, 0.1) is 20.9 Å². The maximum atomic E-state index is 12.7. The number of carbonyl (C=O) groups excluding carboxylic acids is 1. The van der Waals surface area contributed by atoms with Gasteiger partial charge in [0, 0.05) is 23.8 Å². The summed E-state index contributed by atoms with van der Waals surface area (Å²) < 4.78 is 28.7. The molecule has 0 bridgehead atoms. The number of fused-ring (bicyclic) bond motifs is 1. The van der Waals surface area contributed by atoms with Crippen LogP contribution in [0.2, 0.25) is 5.02 Å². The van der Waals surface area contributed by atoms with Crippen molar-refractivity contribution >= 4 is 66.5 Å². The fourth-order valence-corrected chi connectivity index (χ4v) is 6.66. The van der Waals surface area contributed by atoms with Crippen LogP contribution in [0.5, 0.6) is 0 Å². The summed E-state index contributed by atoms with van der Waals surface area (Å²) in [6.07, 6.45) is 1.76. The molecule has 2 aromatic carbocycles. The molecule has 0 saturated carbocycles. The lowest BCUT2D eigenvalue weighted by atomic mass is 10.3. The number of nitrogens with zero attached hydrogens (tertiary/aromatic N) is 2. The summed E-state index contributed by atoms with van der Waals surface area (Å²) in [5.41, 5.74) is 1.28. The van der Waals surface area contributed by atoms with E-state index in [9.17, 15) is 13.2 Å². The van der Waals surface area contributed by atoms with Crippen LogP contribution in [0.15, 0.2) is 51.7 Å². The van der Waals surface area contributed by atoms with Gasteiger partial charge in [-0.2, -0.15) is 4.31 Å². The predicted molar refractivity (Wildman–Crippen MR) is 118 cm³/mol. The van der Waals surface area contributed by atoms with Gasteiger partial charge in [0.1, 0.15) is 0 Å². The number of hydrogen-bond acceptors (Lipinski definition) is 6. The first-order valence-corrected chi connectivity index (χ1v) is 12.6. The number of halogens is 1. The quantitative estimate of drug-likeness (QED) is 0.541. The second-order valence-corrected chi connectivity index (χ2v) is 11.2. The topological polar surface area (TPSA) is 79.4 Å². The van der Waals surface area contributed by atoms with Crippen LogP contribution in [0.3, 0.4) is 0 Å². The minimum absolute atomic E-state index is 0.177. The number of aromatic nitrogens is 1. The van der Waals surface area contributed by atoms with Crippen molar-refractivity contribution in [1.82, 2.24) is 9.29 Å². The highest BCUT2D eigenvalue weighted by Gasteiger charge is 2.27. The zero-order valence-corrected chi connectivity index (χ0v) is 18.5. The van der Waals surface area contributed by atoms with Gasteiger partial charge in [-0.3, -0.25) is 4.79 Å². The van der Waals surface area contributed by atoms with Crippen LogP contribution in [0.1, 0.15) is 12.8 Å². The van der Waals surface area contributed by atoms with Gasteiger partial charge in [-0.05, 0) is 49.2 Å². The molecule has 3 aromatic rings. The molecule has 10 heteroatoms. The van der Waals surface area contributed by atoms with Crippen molar-refractivity contribution in [3.8, 4) is 0 Å². The number of rotatable bonds is 6. The third-order valence-electron chi connectivity index (χ3n) is 4.48. The van der Waals surface area contributed by atoms with Gasteiger partial charge in [-0.1, -0.05) is 29.4 Å². The molecule has 1 N–H and O–H groups in total. The molecule has 4 rings (SSSR count). The lowest BCUT2D eigenvalue weighted by Crippen LogP contribution is -2.28. The molecule has 1 amide bonds. The van der Waals surface area contributed by atoms with Crippen molar-refractivity contribution in [3.63, 3.8) is 0 Å². The number of carbonyl (C=O) groups is 1. The summed E-state index contributed by atoms with van der Waals surface area (Å²) in [4.78, 5) is 17.0. The van der Waals surface area contributed by atoms with E-state index in [4.69, 9.17) is 11.6 Å². The van der Waals surface area contributed by atoms with Crippen molar-refractivity contribution in [2.45, 2.75) is 22.1 Å². The fraction of sp³-hybridized carbons (Fsp3) is 0.263. The molecular formula is C19H18ClN3O3S3. The van der Waals surface area contributed by atoms with Crippen LogP contribution in [-0.4, -0.2) is 42.5 Å². The number of hydrogen-bond donors (Lipinski definition) is 1. The van der Waals surface area contributed by atoms with Gasteiger partial charge < -0.3 is 5.32 Å². The van der Waals surface area contributed by atoms with Crippen LogP contribution >= 0.6 is 34.7 Å². The number of nitrogens with one attached hydrogen (secondary N) is 1. The molecule has 0 aliphatic carbocycles. The highest BCUT2D eigenvalue weighted by atomic mass is 35.5. The number of anilines is 1. The summed E-state index contributed by atoms with van der Waals surface area (Å²) in [5.74, 6) is -0.0422. The zero-order valence-electron chi connectivity index (χ0n) is 15.3. The molecule has 1 aromatic heterocycles. The van der Waals surface area contributed by atoms with Gasteiger partial charge in [-0.15, -0.1) is 11.3 Å². The third-order valence-corrected chi connectivity index (χ3v) is 8.79. The molecule has 152 valence electrons. The standard InChI is InChI=1S/C19H18ClN3O3S3/c20-13-6-7-17-16(10-13)22-19(28-17)27-12-18(24)21-14-4-3-5-15(11-14)29(25,26)23-8-1-2-9-23/h3-7,10-11H,1-2,8-9,12H2,(H,21,24). The van der Waals surface area contributed by atoms with Crippen LogP contribution < -0.4 is 5.32 Å². The van der Waals surface area contributed by atoms with Gasteiger partial charge in [-0.25, -0.2) is 13.4 Å². The summed E-state index contributed by atoms with van der Waals surface area (Å²) >= 11 is 8.82. The maximum absolute atomic E-state index is 12.7. The van der Waals surface area contributed by atoms with E-state index < -0.39 is 10.0 Å². The van der Waals surface area contributed by atoms with Crippen LogP contribution in [0.25, 0.3) is 10.2 Å². The lowest BCUT2D eigenvalue weighted by molar-refractivity contribution is -0.113. The first-order valence-electron chi connectivity index (χ1n) is 9.01. The van der Waals surface area contributed by atoms with E-state index in [2.05, 4.69) is 10.3 Å². The number of thiazole rings is 1. The van der Waals surface area contributed by atoms with Crippen LogP contribution in [0, 0.1) is 0 Å². The Balaban J connectivity index is 1.40. The minimum atomic E-state index is -3.51. The van der Waals surface area contributed by atoms with Crippen LogP contribution in [0.4, 0.5) is 5.69 Å². The molecule has 1 fully saturated rings. The Morgan fingerprint density at radius 2 is 2.00 bits per heavy atom. The number of thioether (sulfide) groups is 1. The van der Waals surface area contributed by atoms with Crippen molar-refractivity contribution in [3.05, 3.63) is 47.5 Å². The lowest BCUT2D eigenvalue weighted by Gasteiger charge is -2.16. The van der Waals surface area contributed by atoms with Gasteiger partial charge in [0.2, 0.25) is 15.9 Å². The van der Waals surface area contributed by atoms with E-state index >= 15 is 0 Å². The average Bonchev–Trinajstić information content (AvgIpc) is 3.36. The molecule has 0 atom stereocenters. The number of sulfonamides is 1. The zero-order chi connectivity index (χ0) is 20.4. The summed E-state index contributed by atoms with van der Waals surface area (Å²) in [5, 5.41) is 3.40. The van der Waals surface area contributed by atoms with E-state index in [-0.39, 0.29) is 16.6 Å². The molecule has 6 nitrogen and oxygen atoms in total. The fourth-order valence-electron chi connectivity index (χ4n) is 3.08. The summed E-state index contributed by atoms with van der Waals surface area (Å²) in [7, 11) is -3.51. The normalized spacial score (nSPS) is 15.1. The van der Waals surface area contributed by atoms with Crippen molar-refractivity contribution in [2.24, 2.45) is 0 Å². The number of benzene rings is 2. The van der Waals surface area contributed by atoms with Crippen LogP contribution in [-0.2, 0) is 14.8 Å². The van der Waals surface area contributed by atoms with E-state index in [1.165, 1.54) is 33.5 Å². The van der Waals surface area contributed by atoms with Crippen molar-refractivity contribution in [1.29, 1.82) is 0 Å². The highest BCUT2D eigenvalue weighted by molar-refractivity contribution is 8.01. The Labute approximate surface area is 182 Å². The second kappa shape index (κ2) is 8.61. The Kier molecular flexibility index (Phi) is 6.12. The Bertz CT molecular complexity index is 1160. The molecule has 0 unspecified atom stereocenters. The Morgan fingerprint density at radius 1 is 1.21 bits per heavy atom. The molecule has 1 aliphatic heterocycles. The molecule has 1 saturated heterocycles. The van der Waals surface area contributed by atoms with Crippen molar-refractivity contribution < 1.29 is 13.2 Å². The van der Waals surface area contributed by atoms with E-state index in [0.29, 0.717) is 23.8 Å². The van der Waals surface area contributed by atoms with Gasteiger partial charge in [0.25, 0.3) is 0 Å². The molecule has 1 aliphatic rings. The highest BCUT2D eigenvalue weighted by Crippen LogP contribution is 2.31. The first kappa shape index (κ1) is 20.6. The molecule has 0 radical (unpaired) electrons. The number of amides is 1. The largest absolute Gasteiger partial charge is 0.325 e. The van der Waals surface area contributed by atoms with Gasteiger partial charge >= 0.3 is 0 Å². The predicted octanol–water partition coefficient (Wildman–Crippen LogP) is 4.47. The molecular weight excluding hydrogens is 450 g/mol. The second-order valence-electron chi connectivity index (χ2n) is 6.57. The third kappa shape index (κ3) is 4.75. The van der Waals surface area contributed by atoms with E-state index in [1.54, 1.807) is 24.3 Å². The Hall–Kier alpha value is -1.65. The summed E-state index contributed by atoms with van der Waals surface area (Å²) in [6.45, 7) is 1.09. The van der Waals surface area contributed by atoms with Gasteiger partial charge in [0.15, 0.2) is 4.34 Å². The van der Waals surface area contributed by atoms with Crippen molar-refractivity contribution in [2.75, 3.05) is 24.2 Å². The minimum Gasteiger partial charge on any atom is -0.325 e. The van der Waals surface area contributed by atoms with E-state index in [0.717, 1.165) is 27.4 Å². The average molecular weight is 468 g/mol. The molecule has 0 spiro atoms. The monoisotopic (exact) mass is 467 g/mol. The smallest absolute Gasteiger partial charge is 0.243 e. The molecule has 2 heterocycles. The Morgan fingerprint density at radius 3 is 2.79 bits per heavy atom.